The molecule has 0 aromatic heterocycles. The van der Waals surface area contributed by atoms with Gasteiger partial charge in [0.2, 0.25) is 0 Å². The van der Waals surface area contributed by atoms with E-state index < -0.39 is 0 Å². The lowest BCUT2D eigenvalue weighted by atomic mass is 9.88. The molecular weight excluding hydrogens is 272 g/mol. The summed E-state index contributed by atoms with van der Waals surface area (Å²) in [5.74, 6) is 0.641. The van der Waals surface area contributed by atoms with E-state index in [0.29, 0.717) is 17.9 Å². The van der Waals surface area contributed by atoms with Crippen LogP contribution in [-0.2, 0) is 4.74 Å². The lowest BCUT2D eigenvalue weighted by Crippen LogP contribution is -2.12. The Bertz CT molecular complexity index is 349. The van der Waals surface area contributed by atoms with Crippen molar-refractivity contribution in [2.45, 2.75) is 78.7 Å². The molecule has 128 valence electrons. The molecule has 1 rings (SSSR count). The maximum Gasteiger partial charge on any atom is 0.0650 e. The first kappa shape index (κ1) is 19.4. The Hall–Kier alpha value is -0.600. The molecule has 2 heteroatoms. The Morgan fingerprint density at radius 1 is 1.36 bits per heavy atom. The second-order valence-corrected chi connectivity index (χ2v) is 8.10. The van der Waals surface area contributed by atoms with Gasteiger partial charge in [0, 0.05) is 6.61 Å². The van der Waals surface area contributed by atoms with Gasteiger partial charge < -0.3 is 9.84 Å². The Balaban J connectivity index is 2.06. The highest BCUT2D eigenvalue weighted by Crippen LogP contribution is 2.24. The van der Waals surface area contributed by atoms with Crippen LogP contribution in [0, 0.1) is 11.3 Å². The molecule has 0 aromatic carbocycles. The van der Waals surface area contributed by atoms with Crippen LogP contribution >= 0.6 is 0 Å². The zero-order valence-electron chi connectivity index (χ0n) is 15.1. The van der Waals surface area contributed by atoms with E-state index in [1.165, 1.54) is 24.8 Å². The van der Waals surface area contributed by atoms with Crippen molar-refractivity contribution in [3.8, 4) is 0 Å². The van der Waals surface area contributed by atoms with Gasteiger partial charge in [-0.3, -0.25) is 0 Å². The van der Waals surface area contributed by atoms with Crippen molar-refractivity contribution in [3.05, 3.63) is 23.8 Å². The maximum absolute atomic E-state index is 9.61. The van der Waals surface area contributed by atoms with Crippen molar-refractivity contribution in [3.63, 3.8) is 0 Å². The van der Waals surface area contributed by atoms with E-state index in [4.69, 9.17) is 4.74 Å². The number of allylic oxidation sites excluding steroid dienone is 2. The summed E-state index contributed by atoms with van der Waals surface area (Å²) in [5, 5.41) is 9.61. The standard InChI is InChI=1S/C20H36O2/c1-17(9-8-13-20(2,3)4)16-22-14-6-5-10-18-11-7-12-19(21)15-18/h5-6,10,17,19,21H,7-9,11-16H2,1-4H3/b6-5+,18-10-. The number of aliphatic hydroxyl groups excluding tert-OH is 1. The molecule has 0 radical (unpaired) electrons. The predicted molar refractivity (Wildman–Crippen MR) is 95.0 cm³/mol. The topological polar surface area (TPSA) is 29.5 Å². The van der Waals surface area contributed by atoms with Crippen LogP contribution in [0.5, 0.6) is 0 Å². The average Bonchev–Trinajstić information content (AvgIpc) is 2.41. The van der Waals surface area contributed by atoms with Gasteiger partial charge in [-0.2, -0.15) is 0 Å². The minimum atomic E-state index is -0.126. The molecule has 1 aliphatic carbocycles. The van der Waals surface area contributed by atoms with Gasteiger partial charge in [0.05, 0.1) is 12.7 Å². The van der Waals surface area contributed by atoms with Gasteiger partial charge in [0.25, 0.3) is 0 Å². The van der Waals surface area contributed by atoms with Crippen LogP contribution in [0.2, 0.25) is 0 Å². The third-order valence-electron chi connectivity index (χ3n) is 4.24. The van der Waals surface area contributed by atoms with Crippen molar-refractivity contribution in [1.29, 1.82) is 0 Å². The predicted octanol–water partition coefficient (Wildman–Crippen LogP) is 5.27. The Kier molecular flexibility index (Phi) is 9.04. The van der Waals surface area contributed by atoms with E-state index in [1.54, 1.807) is 0 Å². The van der Waals surface area contributed by atoms with Crippen molar-refractivity contribution >= 4 is 0 Å². The summed E-state index contributed by atoms with van der Waals surface area (Å²) >= 11 is 0. The molecule has 1 N–H and O–H groups in total. The molecule has 2 unspecified atom stereocenters. The van der Waals surface area contributed by atoms with E-state index in [0.717, 1.165) is 32.3 Å². The lowest BCUT2D eigenvalue weighted by Gasteiger charge is -2.19. The highest BCUT2D eigenvalue weighted by atomic mass is 16.5. The molecule has 0 spiro atoms. The molecular formula is C20H36O2. The van der Waals surface area contributed by atoms with Crippen LogP contribution in [0.4, 0.5) is 0 Å². The van der Waals surface area contributed by atoms with Gasteiger partial charge in [-0.05, 0) is 49.9 Å². The second-order valence-electron chi connectivity index (χ2n) is 8.10. The molecule has 1 aliphatic rings. The summed E-state index contributed by atoms with van der Waals surface area (Å²) in [7, 11) is 0. The monoisotopic (exact) mass is 308 g/mol. The molecule has 0 aliphatic heterocycles. The van der Waals surface area contributed by atoms with E-state index >= 15 is 0 Å². The number of aliphatic hydroxyl groups is 1. The van der Waals surface area contributed by atoms with Crippen LogP contribution in [0.25, 0.3) is 0 Å². The summed E-state index contributed by atoms with van der Waals surface area (Å²) in [5.41, 5.74) is 1.81. The third kappa shape index (κ3) is 10.2. The summed E-state index contributed by atoms with van der Waals surface area (Å²) < 4.78 is 5.72. The number of rotatable bonds is 8. The first-order valence-corrected chi connectivity index (χ1v) is 8.97. The Labute approximate surface area is 137 Å². The highest BCUT2D eigenvalue weighted by molar-refractivity contribution is 5.14. The van der Waals surface area contributed by atoms with Crippen LogP contribution in [0.3, 0.4) is 0 Å². The molecule has 0 amide bonds. The molecule has 0 aromatic rings. The van der Waals surface area contributed by atoms with Crippen LogP contribution in [0.15, 0.2) is 23.8 Å². The van der Waals surface area contributed by atoms with E-state index in [1.807, 2.05) is 0 Å². The average molecular weight is 309 g/mol. The van der Waals surface area contributed by atoms with Gasteiger partial charge in [0.1, 0.15) is 0 Å². The minimum Gasteiger partial charge on any atom is -0.393 e. The molecule has 0 bridgehead atoms. The third-order valence-corrected chi connectivity index (χ3v) is 4.24. The van der Waals surface area contributed by atoms with E-state index in [2.05, 4.69) is 45.9 Å². The molecule has 0 saturated heterocycles. The molecule has 0 heterocycles. The van der Waals surface area contributed by atoms with E-state index in [-0.39, 0.29) is 6.10 Å². The first-order valence-electron chi connectivity index (χ1n) is 8.97. The largest absolute Gasteiger partial charge is 0.393 e. The van der Waals surface area contributed by atoms with Gasteiger partial charge in [-0.1, -0.05) is 57.9 Å². The molecule has 1 saturated carbocycles. The fourth-order valence-corrected chi connectivity index (χ4v) is 2.88. The summed E-state index contributed by atoms with van der Waals surface area (Å²) in [4.78, 5) is 0. The summed E-state index contributed by atoms with van der Waals surface area (Å²) in [6.45, 7) is 10.7. The van der Waals surface area contributed by atoms with Gasteiger partial charge in [0.15, 0.2) is 0 Å². The quantitative estimate of drug-likeness (QED) is 0.619. The van der Waals surface area contributed by atoms with E-state index in [9.17, 15) is 5.11 Å². The number of ether oxygens (including phenoxy) is 1. The Morgan fingerprint density at radius 3 is 2.82 bits per heavy atom. The first-order chi connectivity index (χ1) is 10.4. The van der Waals surface area contributed by atoms with Crippen molar-refractivity contribution in [2.75, 3.05) is 13.2 Å². The fourth-order valence-electron chi connectivity index (χ4n) is 2.88. The zero-order valence-corrected chi connectivity index (χ0v) is 15.1. The fraction of sp³-hybridized carbons (Fsp3) is 0.800. The van der Waals surface area contributed by atoms with Crippen molar-refractivity contribution < 1.29 is 9.84 Å². The van der Waals surface area contributed by atoms with Crippen LogP contribution < -0.4 is 0 Å². The normalized spacial score (nSPS) is 23.3. The minimum absolute atomic E-state index is 0.126. The molecule has 2 nitrogen and oxygen atoms in total. The summed E-state index contributed by atoms with van der Waals surface area (Å²) in [6.07, 6.45) is 14.1. The van der Waals surface area contributed by atoms with Gasteiger partial charge >= 0.3 is 0 Å². The van der Waals surface area contributed by atoms with Crippen molar-refractivity contribution in [2.24, 2.45) is 11.3 Å². The molecule has 1 fully saturated rings. The second kappa shape index (κ2) is 10.2. The van der Waals surface area contributed by atoms with Crippen LogP contribution in [-0.4, -0.2) is 24.4 Å². The summed E-state index contributed by atoms with van der Waals surface area (Å²) in [6, 6.07) is 0. The van der Waals surface area contributed by atoms with Gasteiger partial charge in [-0.15, -0.1) is 0 Å². The maximum atomic E-state index is 9.61. The number of hydrogen-bond acceptors (Lipinski definition) is 2. The molecule has 2 atom stereocenters. The molecule has 22 heavy (non-hydrogen) atoms. The zero-order chi connectivity index (χ0) is 16.4. The smallest absolute Gasteiger partial charge is 0.0650 e. The van der Waals surface area contributed by atoms with Crippen LogP contribution in [0.1, 0.15) is 72.6 Å². The highest BCUT2D eigenvalue weighted by Gasteiger charge is 2.13. The van der Waals surface area contributed by atoms with Gasteiger partial charge in [-0.25, -0.2) is 0 Å². The lowest BCUT2D eigenvalue weighted by molar-refractivity contribution is 0.123. The Morgan fingerprint density at radius 2 is 2.14 bits per heavy atom. The SMILES string of the molecule is CC(CCCC(C)(C)C)COC/C=C/C=C1/CCCC(O)C1. The van der Waals surface area contributed by atoms with Crippen molar-refractivity contribution in [1.82, 2.24) is 0 Å². The number of hydrogen-bond donors (Lipinski definition) is 1.